The second-order valence-corrected chi connectivity index (χ2v) is 8.66. The number of rotatable bonds is 5. The lowest BCUT2D eigenvalue weighted by Gasteiger charge is -2.42. The highest BCUT2D eigenvalue weighted by Gasteiger charge is 2.62. The summed E-state index contributed by atoms with van der Waals surface area (Å²) >= 11 is 0. The maximum Gasteiger partial charge on any atom is 0.246 e. The summed E-state index contributed by atoms with van der Waals surface area (Å²) in [6.45, 7) is 0. The monoisotopic (exact) mass is 428 g/mol. The van der Waals surface area contributed by atoms with E-state index in [0.29, 0.717) is 42.8 Å². The number of aromatic nitrogens is 2. The number of carbonyl (C=O) groups is 1. The maximum absolute atomic E-state index is 13.7. The molecule has 3 fully saturated rings. The standard InChI is InChI=1S/C22H22F2N4O3/c1-31-19-7-17(25-11-26-19)20(29)22-8-13(9-22)16(10-22)21(30)28-18(2-3-27-28)12-4-14(23)6-15(24)5-12/h3-7,11,13,16,18,20,29H,2,8-10H2,1H3/t13?,16-,18?,20?,22?/m0/s1. The van der Waals surface area contributed by atoms with Crippen LogP contribution in [0.4, 0.5) is 8.78 Å². The minimum Gasteiger partial charge on any atom is -0.481 e. The van der Waals surface area contributed by atoms with Gasteiger partial charge in [-0.2, -0.15) is 5.10 Å². The largest absolute Gasteiger partial charge is 0.481 e. The number of methoxy groups -OCH3 is 1. The fourth-order valence-electron chi connectivity index (χ4n) is 5.43. The molecule has 162 valence electrons. The number of hydrogen-bond donors (Lipinski definition) is 1. The molecule has 3 saturated carbocycles. The lowest BCUT2D eigenvalue weighted by atomic mass is 9.65. The summed E-state index contributed by atoms with van der Waals surface area (Å²) < 4.78 is 32.5. The fraction of sp³-hybridized carbons (Fsp3) is 0.455. The third-order valence-electron chi connectivity index (χ3n) is 6.91. The molecule has 31 heavy (non-hydrogen) atoms. The normalized spacial score (nSPS) is 29.7. The third-order valence-corrected chi connectivity index (χ3v) is 6.91. The molecule has 2 heterocycles. The number of aliphatic hydroxyl groups is 1. The van der Waals surface area contributed by atoms with Crippen LogP contribution < -0.4 is 4.74 Å². The van der Waals surface area contributed by atoms with Gasteiger partial charge in [-0.05, 0) is 42.9 Å². The molecule has 2 bridgehead atoms. The molecular formula is C22H22F2N4O3. The summed E-state index contributed by atoms with van der Waals surface area (Å²) in [6.07, 6.45) is 4.47. The minimum atomic E-state index is -0.825. The van der Waals surface area contributed by atoms with Crippen LogP contribution in [-0.4, -0.2) is 39.3 Å². The minimum absolute atomic E-state index is 0.145. The van der Waals surface area contributed by atoms with Crippen LogP contribution in [-0.2, 0) is 4.79 Å². The molecule has 0 saturated heterocycles. The SMILES string of the molecule is COc1cc(C(O)C23CC(C2)[C@@H](C(=O)N2N=CCC2c2cc(F)cc(F)c2)C3)ncn1. The average molecular weight is 428 g/mol. The van der Waals surface area contributed by atoms with Gasteiger partial charge in [0.1, 0.15) is 24.1 Å². The molecule has 1 aromatic carbocycles. The van der Waals surface area contributed by atoms with E-state index in [4.69, 9.17) is 4.74 Å². The number of fused-ring (bicyclic) bond motifs is 1. The summed E-state index contributed by atoms with van der Waals surface area (Å²) in [6, 6.07) is 4.38. The molecule has 0 spiro atoms. The van der Waals surface area contributed by atoms with Gasteiger partial charge < -0.3 is 9.84 Å². The predicted molar refractivity (Wildman–Crippen MR) is 106 cm³/mol. The summed E-state index contributed by atoms with van der Waals surface area (Å²) in [5.74, 6) is -1.31. The molecule has 6 rings (SSSR count). The van der Waals surface area contributed by atoms with Gasteiger partial charge in [0.25, 0.3) is 0 Å². The molecule has 1 N–H and O–H groups in total. The van der Waals surface area contributed by atoms with E-state index in [9.17, 15) is 18.7 Å². The molecule has 2 unspecified atom stereocenters. The van der Waals surface area contributed by atoms with Crippen molar-refractivity contribution in [2.75, 3.05) is 7.11 Å². The molecule has 7 nitrogen and oxygen atoms in total. The van der Waals surface area contributed by atoms with Gasteiger partial charge in [0.05, 0.1) is 18.8 Å². The highest BCUT2D eigenvalue weighted by atomic mass is 19.1. The molecule has 3 atom stereocenters. The van der Waals surface area contributed by atoms with Crippen molar-refractivity contribution in [2.45, 2.75) is 37.8 Å². The first-order chi connectivity index (χ1) is 14.9. The molecule has 9 heteroatoms. The van der Waals surface area contributed by atoms with Crippen molar-refractivity contribution in [3.05, 3.63) is 53.5 Å². The first-order valence-electron chi connectivity index (χ1n) is 10.3. The predicted octanol–water partition coefficient (Wildman–Crippen LogP) is 3.17. The molecule has 1 aromatic heterocycles. The molecular weight excluding hydrogens is 406 g/mol. The summed E-state index contributed by atoms with van der Waals surface area (Å²) in [5, 5.41) is 16.6. The van der Waals surface area contributed by atoms with E-state index in [0.717, 1.165) is 6.07 Å². The van der Waals surface area contributed by atoms with E-state index in [1.54, 1.807) is 12.3 Å². The van der Waals surface area contributed by atoms with Crippen molar-refractivity contribution >= 4 is 12.1 Å². The Labute approximate surface area is 177 Å². The van der Waals surface area contributed by atoms with E-state index in [1.165, 1.54) is 30.6 Å². The van der Waals surface area contributed by atoms with Gasteiger partial charge in [-0.25, -0.2) is 23.8 Å². The molecule has 1 aliphatic heterocycles. The smallest absolute Gasteiger partial charge is 0.246 e. The Morgan fingerprint density at radius 3 is 2.65 bits per heavy atom. The summed E-state index contributed by atoms with van der Waals surface area (Å²) in [5.41, 5.74) is 0.441. The van der Waals surface area contributed by atoms with E-state index in [-0.39, 0.29) is 17.7 Å². The van der Waals surface area contributed by atoms with E-state index in [2.05, 4.69) is 15.1 Å². The van der Waals surface area contributed by atoms with Crippen LogP contribution in [0.1, 0.15) is 49.1 Å². The summed E-state index contributed by atoms with van der Waals surface area (Å²) in [7, 11) is 1.50. The lowest BCUT2D eigenvalue weighted by Crippen LogP contribution is -2.36. The Morgan fingerprint density at radius 1 is 1.19 bits per heavy atom. The number of ether oxygens (including phenoxy) is 1. The molecule has 3 aliphatic carbocycles. The van der Waals surface area contributed by atoms with Crippen molar-refractivity contribution in [1.29, 1.82) is 0 Å². The first-order valence-corrected chi connectivity index (χ1v) is 10.3. The van der Waals surface area contributed by atoms with E-state index >= 15 is 0 Å². The van der Waals surface area contributed by atoms with Crippen molar-refractivity contribution in [3.63, 3.8) is 0 Å². The zero-order valence-electron chi connectivity index (χ0n) is 16.9. The Balaban J connectivity index is 1.34. The van der Waals surface area contributed by atoms with Crippen LogP contribution in [0.25, 0.3) is 0 Å². The van der Waals surface area contributed by atoms with Gasteiger partial charge in [-0.3, -0.25) is 4.79 Å². The van der Waals surface area contributed by atoms with Crippen LogP contribution in [0.15, 0.2) is 35.7 Å². The van der Waals surface area contributed by atoms with Gasteiger partial charge in [0.2, 0.25) is 11.8 Å². The number of nitrogens with zero attached hydrogens (tertiary/aromatic N) is 4. The Kier molecular flexibility index (Phi) is 4.73. The zero-order valence-corrected chi connectivity index (χ0v) is 16.9. The number of hydrogen-bond acceptors (Lipinski definition) is 6. The number of aliphatic hydroxyl groups excluding tert-OH is 1. The van der Waals surface area contributed by atoms with Crippen molar-refractivity contribution in [3.8, 4) is 5.88 Å². The molecule has 1 amide bonds. The number of amides is 1. The van der Waals surface area contributed by atoms with Crippen molar-refractivity contribution < 1.29 is 23.4 Å². The summed E-state index contributed by atoms with van der Waals surface area (Å²) in [4.78, 5) is 21.5. The third kappa shape index (κ3) is 3.27. The highest BCUT2D eigenvalue weighted by molar-refractivity contribution is 5.83. The Morgan fingerprint density at radius 2 is 1.94 bits per heavy atom. The van der Waals surface area contributed by atoms with Gasteiger partial charge in [-0.15, -0.1) is 0 Å². The zero-order chi connectivity index (χ0) is 21.8. The van der Waals surface area contributed by atoms with Gasteiger partial charge >= 0.3 is 0 Å². The van der Waals surface area contributed by atoms with Crippen LogP contribution in [0.3, 0.4) is 0 Å². The number of hydrazone groups is 1. The van der Waals surface area contributed by atoms with Crippen molar-refractivity contribution in [1.82, 2.24) is 15.0 Å². The van der Waals surface area contributed by atoms with E-state index < -0.39 is 29.2 Å². The van der Waals surface area contributed by atoms with Crippen LogP contribution in [0, 0.1) is 28.9 Å². The fourth-order valence-corrected chi connectivity index (χ4v) is 5.43. The van der Waals surface area contributed by atoms with Crippen LogP contribution in [0.2, 0.25) is 0 Å². The van der Waals surface area contributed by atoms with Crippen LogP contribution >= 0.6 is 0 Å². The maximum atomic E-state index is 13.7. The highest BCUT2D eigenvalue weighted by Crippen LogP contribution is 2.67. The molecule has 2 aromatic rings. The first kappa shape index (κ1) is 20.0. The number of halogens is 2. The second-order valence-electron chi connectivity index (χ2n) is 8.66. The second kappa shape index (κ2) is 7.33. The Bertz CT molecular complexity index is 1040. The van der Waals surface area contributed by atoms with Crippen LogP contribution in [0.5, 0.6) is 5.88 Å². The molecule has 0 radical (unpaired) electrons. The quantitative estimate of drug-likeness (QED) is 0.790. The van der Waals surface area contributed by atoms with Crippen molar-refractivity contribution in [2.24, 2.45) is 22.4 Å². The molecule has 4 aliphatic rings. The van der Waals surface area contributed by atoms with E-state index in [1.807, 2.05) is 0 Å². The lowest BCUT2D eigenvalue weighted by molar-refractivity contribution is -0.138. The number of carbonyl (C=O) groups excluding carboxylic acids is 1. The Hall–Kier alpha value is -2.94. The van der Waals surface area contributed by atoms with Gasteiger partial charge in [-0.1, -0.05) is 0 Å². The van der Waals surface area contributed by atoms with Gasteiger partial charge in [0.15, 0.2) is 0 Å². The average Bonchev–Trinajstić information content (AvgIpc) is 3.45. The topological polar surface area (TPSA) is 87.9 Å². The van der Waals surface area contributed by atoms with Gasteiger partial charge in [0, 0.05) is 36.1 Å². The number of benzene rings is 1.